The summed E-state index contributed by atoms with van der Waals surface area (Å²) in [6.45, 7) is 2.03. The first-order valence-corrected chi connectivity index (χ1v) is 10.1. The molecule has 140 valence electrons. The second-order valence-corrected chi connectivity index (χ2v) is 7.92. The Morgan fingerprint density at radius 1 is 1.29 bits per heavy atom. The molecule has 3 aromatic heterocycles. The van der Waals surface area contributed by atoms with E-state index in [2.05, 4.69) is 37.0 Å². The Labute approximate surface area is 173 Å². The summed E-state index contributed by atoms with van der Waals surface area (Å²) in [5.41, 5.74) is 2.12. The number of anilines is 2. The molecule has 0 unspecified atom stereocenters. The molecular weight excluding hydrogens is 443 g/mol. The molecule has 0 saturated heterocycles. The van der Waals surface area contributed by atoms with E-state index in [0.29, 0.717) is 27.0 Å². The van der Waals surface area contributed by atoms with E-state index in [1.807, 2.05) is 29.5 Å². The number of fused-ring (bicyclic) bond motifs is 1. The number of hydrogen-bond donors (Lipinski definition) is 0. The first kappa shape index (κ1) is 18.5. The Kier molecular flexibility index (Phi) is 4.83. The maximum atomic E-state index is 13.3. The Morgan fingerprint density at radius 3 is 2.71 bits per heavy atom. The molecule has 0 saturated carbocycles. The molecule has 0 fully saturated rings. The van der Waals surface area contributed by atoms with E-state index in [4.69, 9.17) is 0 Å². The molecule has 3 heterocycles. The molecule has 0 atom stereocenters. The zero-order valence-corrected chi connectivity index (χ0v) is 17.4. The number of nitrogens with zero attached hydrogens (tertiary/aromatic N) is 6. The van der Waals surface area contributed by atoms with Gasteiger partial charge in [0.05, 0.1) is 10.2 Å². The number of thiazole rings is 1. The molecule has 9 heteroatoms. The highest BCUT2D eigenvalue weighted by atomic mass is 79.9. The summed E-state index contributed by atoms with van der Waals surface area (Å²) in [6, 6.07) is 8.18. The van der Waals surface area contributed by atoms with Crippen LogP contribution in [0.4, 0.5) is 15.3 Å². The third-order valence-corrected chi connectivity index (χ3v) is 5.71. The molecule has 4 aromatic rings. The lowest BCUT2D eigenvalue weighted by molar-refractivity contribution is 0.628. The number of benzene rings is 1. The van der Waals surface area contributed by atoms with Gasteiger partial charge in [-0.1, -0.05) is 18.3 Å². The predicted octanol–water partition coefficient (Wildman–Crippen LogP) is 4.96. The lowest BCUT2D eigenvalue weighted by Crippen LogP contribution is -2.13. The third kappa shape index (κ3) is 3.15. The summed E-state index contributed by atoms with van der Waals surface area (Å²) in [4.78, 5) is 16.0. The highest BCUT2D eigenvalue weighted by Gasteiger charge is 2.22. The van der Waals surface area contributed by atoms with Gasteiger partial charge in [0, 0.05) is 25.0 Å². The topological polar surface area (TPSA) is 70.1 Å². The highest BCUT2D eigenvalue weighted by Crippen LogP contribution is 2.36. The molecule has 0 spiro atoms. The van der Waals surface area contributed by atoms with Gasteiger partial charge < -0.3 is 4.90 Å². The molecule has 4 rings (SSSR count). The van der Waals surface area contributed by atoms with Crippen molar-refractivity contribution in [3.63, 3.8) is 0 Å². The van der Waals surface area contributed by atoms with E-state index >= 15 is 0 Å². The minimum atomic E-state index is -0.328. The minimum absolute atomic E-state index is 0.328. The van der Waals surface area contributed by atoms with E-state index in [0.717, 1.165) is 22.4 Å². The van der Waals surface area contributed by atoms with Crippen molar-refractivity contribution in [2.45, 2.75) is 13.3 Å². The number of hydrogen-bond acceptors (Lipinski definition) is 6. The molecule has 0 aliphatic heterocycles. The van der Waals surface area contributed by atoms with Gasteiger partial charge in [-0.05, 0) is 46.6 Å². The summed E-state index contributed by atoms with van der Waals surface area (Å²) in [5, 5.41) is 10.2. The number of rotatable bonds is 4. The van der Waals surface area contributed by atoms with E-state index < -0.39 is 0 Å². The van der Waals surface area contributed by atoms with Crippen LogP contribution in [0.1, 0.15) is 17.5 Å². The molecule has 0 N–H and O–H groups in total. The first-order chi connectivity index (χ1) is 13.5. The summed E-state index contributed by atoms with van der Waals surface area (Å²) >= 11 is 4.73. The van der Waals surface area contributed by atoms with E-state index in [-0.39, 0.29) is 5.82 Å². The summed E-state index contributed by atoms with van der Waals surface area (Å²) < 4.78 is 16.0. The molecule has 0 amide bonds. The summed E-state index contributed by atoms with van der Waals surface area (Å²) in [6.07, 6.45) is 4.33. The smallest absolute Gasteiger partial charge is 0.235 e. The number of aromatic nitrogens is 4. The molecule has 28 heavy (non-hydrogen) atoms. The van der Waals surface area contributed by atoms with Crippen LogP contribution < -0.4 is 4.90 Å². The van der Waals surface area contributed by atoms with Gasteiger partial charge in [0.15, 0.2) is 5.13 Å². The van der Waals surface area contributed by atoms with Crippen LogP contribution in [0.25, 0.3) is 17.0 Å². The zero-order valence-electron chi connectivity index (χ0n) is 15.0. The van der Waals surface area contributed by atoms with Crippen molar-refractivity contribution in [1.82, 2.24) is 19.4 Å². The normalized spacial score (nSPS) is 11.0. The lowest BCUT2D eigenvalue weighted by Gasteiger charge is -2.16. The Hall–Kier alpha value is -2.83. The van der Waals surface area contributed by atoms with Crippen LogP contribution in [0.5, 0.6) is 0 Å². The molecule has 0 bridgehead atoms. The van der Waals surface area contributed by atoms with Crippen LogP contribution in [-0.4, -0.2) is 26.4 Å². The van der Waals surface area contributed by atoms with Crippen molar-refractivity contribution >= 4 is 44.0 Å². The molecular formula is C19H14BrFN6S. The monoisotopic (exact) mass is 456 g/mol. The largest absolute Gasteiger partial charge is 0.305 e. The Morgan fingerprint density at radius 2 is 2.04 bits per heavy atom. The van der Waals surface area contributed by atoms with Crippen LogP contribution in [-0.2, 0) is 6.42 Å². The van der Waals surface area contributed by atoms with Crippen LogP contribution in [0.15, 0.2) is 41.1 Å². The van der Waals surface area contributed by atoms with E-state index in [1.165, 1.54) is 23.5 Å². The SMILES string of the molecule is CCc1nc2ncc(Br)cn2c1N(C)c1nc(-c2ccc(F)cc2)c(C#N)s1. The van der Waals surface area contributed by atoms with Gasteiger partial charge in [-0.25, -0.2) is 19.3 Å². The minimum Gasteiger partial charge on any atom is -0.305 e. The molecule has 0 aliphatic carbocycles. The second kappa shape index (κ2) is 7.30. The van der Waals surface area contributed by atoms with Gasteiger partial charge in [-0.3, -0.25) is 4.40 Å². The Bertz CT molecular complexity index is 1210. The maximum absolute atomic E-state index is 13.3. The zero-order chi connectivity index (χ0) is 19.8. The summed E-state index contributed by atoms with van der Waals surface area (Å²) in [5.74, 6) is 1.11. The van der Waals surface area contributed by atoms with Crippen molar-refractivity contribution in [3.8, 4) is 17.3 Å². The van der Waals surface area contributed by atoms with E-state index in [9.17, 15) is 9.65 Å². The van der Waals surface area contributed by atoms with Crippen molar-refractivity contribution in [3.05, 3.63) is 57.5 Å². The maximum Gasteiger partial charge on any atom is 0.235 e. The van der Waals surface area contributed by atoms with Gasteiger partial charge in [0.2, 0.25) is 5.78 Å². The van der Waals surface area contributed by atoms with Crippen LogP contribution >= 0.6 is 27.3 Å². The number of aryl methyl sites for hydroxylation is 1. The second-order valence-electron chi connectivity index (χ2n) is 6.03. The van der Waals surface area contributed by atoms with Crippen molar-refractivity contribution in [2.75, 3.05) is 11.9 Å². The van der Waals surface area contributed by atoms with Crippen molar-refractivity contribution in [1.29, 1.82) is 5.26 Å². The molecule has 0 radical (unpaired) electrons. The van der Waals surface area contributed by atoms with Gasteiger partial charge >= 0.3 is 0 Å². The van der Waals surface area contributed by atoms with Crippen molar-refractivity contribution < 1.29 is 4.39 Å². The van der Waals surface area contributed by atoms with Crippen LogP contribution in [0.3, 0.4) is 0 Å². The lowest BCUT2D eigenvalue weighted by atomic mass is 10.1. The summed E-state index contributed by atoms with van der Waals surface area (Å²) in [7, 11) is 1.89. The van der Waals surface area contributed by atoms with Crippen molar-refractivity contribution in [2.24, 2.45) is 0 Å². The van der Waals surface area contributed by atoms with Gasteiger partial charge in [0.1, 0.15) is 28.3 Å². The quantitative estimate of drug-likeness (QED) is 0.434. The average molecular weight is 457 g/mol. The van der Waals surface area contributed by atoms with Crippen LogP contribution in [0.2, 0.25) is 0 Å². The van der Waals surface area contributed by atoms with Gasteiger partial charge in [-0.15, -0.1) is 0 Å². The standard InChI is InChI=1S/C19H14BrFN6S/c1-3-14-17(27-10-12(20)9-23-18(27)24-14)26(2)19-25-16(15(8-22)28-19)11-4-6-13(21)7-5-11/h4-7,9-10H,3H2,1-2H3. The molecule has 0 aliphatic rings. The van der Waals surface area contributed by atoms with E-state index in [1.54, 1.807) is 18.3 Å². The average Bonchev–Trinajstić information content (AvgIpc) is 3.29. The fourth-order valence-electron chi connectivity index (χ4n) is 2.96. The van der Waals surface area contributed by atoms with Crippen LogP contribution in [0, 0.1) is 17.1 Å². The number of nitriles is 1. The third-order valence-electron chi connectivity index (χ3n) is 4.27. The molecule has 6 nitrogen and oxygen atoms in total. The van der Waals surface area contributed by atoms with Gasteiger partial charge in [-0.2, -0.15) is 5.26 Å². The fraction of sp³-hybridized carbons (Fsp3) is 0.158. The van der Waals surface area contributed by atoms with Gasteiger partial charge in [0.25, 0.3) is 0 Å². The number of imidazole rings is 1. The number of halogens is 2. The fourth-order valence-corrected chi connectivity index (χ4v) is 4.11. The predicted molar refractivity (Wildman–Crippen MR) is 110 cm³/mol. The first-order valence-electron chi connectivity index (χ1n) is 8.45. The molecule has 1 aromatic carbocycles. The Balaban J connectivity index is 1.84. The highest BCUT2D eigenvalue weighted by molar-refractivity contribution is 9.10.